The molecule has 0 spiro atoms. The summed E-state index contributed by atoms with van der Waals surface area (Å²) in [6.07, 6.45) is 0. The molecule has 0 amide bonds. The Balaban J connectivity index is 2.42. The topological polar surface area (TPSA) is 78.8 Å². The molecule has 0 bridgehead atoms. The fraction of sp³-hybridized carbons (Fsp3) is 0.364. The van der Waals surface area contributed by atoms with E-state index in [1.165, 1.54) is 10.7 Å². The lowest BCUT2D eigenvalue weighted by Gasteiger charge is -2.12. The van der Waals surface area contributed by atoms with Gasteiger partial charge < -0.3 is 10.5 Å². The van der Waals surface area contributed by atoms with Crippen molar-refractivity contribution in [3.8, 4) is 11.4 Å². The van der Waals surface area contributed by atoms with E-state index in [1.807, 2.05) is 6.92 Å². The first-order valence-corrected chi connectivity index (χ1v) is 5.45. The normalized spacial score (nSPS) is 12.6. The highest BCUT2D eigenvalue weighted by Crippen LogP contribution is 2.23. The summed E-state index contributed by atoms with van der Waals surface area (Å²) in [6.45, 7) is 2.33. The van der Waals surface area contributed by atoms with Crippen LogP contribution in [0.5, 0.6) is 0 Å². The largest absolute Gasteiger partial charge is 0.399 e. The molecule has 7 heteroatoms. The molecule has 0 aliphatic carbocycles. The Hall–Kier alpha value is -2.02. The van der Waals surface area contributed by atoms with Gasteiger partial charge in [-0.15, -0.1) is 5.10 Å². The molecule has 1 heterocycles. The summed E-state index contributed by atoms with van der Waals surface area (Å²) >= 11 is 0. The SMILES string of the molecule is COCC(C)n1nnnc1-c1ccc(N)cc1F. The zero-order chi connectivity index (χ0) is 13.1. The second kappa shape index (κ2) is 5.09. The number of ether oxygens (including phenoxy) is 1. The molecule has 0 fully saturated rings. The van der Waals surface area contributed by atoms with Crippen LogP contribution in [0.2, 0.25) is 0 Å². The predicted molar refractivity (Wildman–Crippen MR) is 64.2 cm³/mol. The lowest BCUT2D eigenvalue weighted by Crippen LogP contribution is -2.14. The molecule has 1 aromatic heterocycles. The number of nitrogens with zero attached hydrogens (tertiary/aromatic N) is 4. The van der Waals surface area contributed by atoms with E-state index in [4.69, 9.17) is 10.5 Å². The van der Waals surface area contributed by atoms with Crippen LogP contribution >= 0.6 is 0 Å². The molecule has 0 radical (unpaired) electrons. The summed E-state index contributed by atoms with van der Waals surface area (Å²) < 4.78 is 20.4. The molecule has 0 saturated carbocycles. The fourth-order valence-corrected chi connectivity index (χ4v) is 1.69. The van der Waals surface area contributed by atoms with Crippen molar-refractivity contribution in [1.82, 2.24) is 20.2 Å². The van der Waals surface area contributed by atoms with E-state index in [1.54, 1.807) is 19.2 Å². The average molecular weight is 251 g/mol. The van der Waals surface area contributed by atoms with Gasteiger partial charge >= 0.3 is 0 Å². The zero-order valence-corrected chi connectivity index (χ0v) is 10.2. The molecule has 96 valence electrons. The Bertz CT molecular complexity index is 542. The molecule has 2 rings (SSSR count). The molecule has 18 heavy (non-hydrogen) atoms. The minimum atomic E-state index is -0.448. The molecular weight excluding hydrogens is 237 g/mol. The highest BCUT2D eigenvalue weighted by molar-refractivity contribution is 5.59. The van der Waals surface area contributed by atoms with Gasteiger partial charge in [-0.2, -0.15) is 0 Å². The third-order valence-electron chi connectivity index (χ3n) is 2.55. The third-order valence-corrected chi connectivity index (χ3v) is 2.55. The Labute approximate surface area is 104 Å². The Morgan fingerprint density at radius 2 is 2.28 bits per heavy atom. The number of rotatable bonds is 4. The summed E-state index contributed by atoms with van der Waals surface area (Å²) in [4.78, 5) is 0. The van der Waals surface area contributed by atoms with Crippen LogP contribution in [0.15, 0.2) is 18.2 Å². The van der Waals surface area contributed by atoms with Crippen molar-refractivity contribution in [1.29, 1.82) is 0 Å². The molecule has 0 saturated heterocycles. The first-order valence-electron chi connectivity index (χ1n) is 5.45. The van der Waals surface area contributed by atoms with E-state index < -0.39 is 5.82 Å². The molecule has 1 aromatic carbocycles. The van der Waals surface area contributed by atoms with Crippen molar-refractivity contribution in [2.45, 2.75) is 13.0 Å². The van der Waals surface area contributed by atoms with Crippen molar-refractivity contribution >= 4 is 5.69 Å². The van der Waals surface area contributed by atoms with Gasteiger partial charge in [-0.3, -0.25) is 0 Å². The van der Waals surface area contributed by atoms with Gasteiger partial charge in [0, 0.05) is 12.8 Å². The van der Waals surface area contributed by atoms with Crippen LogP contribution < -0.4 is 5.73 Å². The number of halogens is 1. The number of tetrazole rings is 1. The minimum Gasteiger partial charge on any atom is -0.399 e. The van der Waals surface area contributed by atoms with Crippen molar-refractivity contribution < 1.29 is 9.13 Å². The maximum atomic E-state index is 13.8. The maximum absolute atomic E-state index is 13.8. The quantitative estimate of drug-likeness (QED) is 0.828. The Morgan fingerprint density at radius 3 is 2.94 bits per heavy atom. The van der Waals surface area contributed by atoms with E-state index >= 15 is 0 Å². The van der Waals surface area contributed by atoms with Gasteiger partial charge in [-0.25, -0.2) is 9.07 Å². The van der Waals surface area contributed by atoms with Gasteiger partial charge in [0.05, 0.1) is 18.2 Å². The number of anilines is 1. The van der Waals surface area contributed by atoms with Gasteiger partial charge in [-0.05, 0) is 35.5 Å². The first kappa shape index (κ1) is 12.4. The van der Waals surface area contributed by atoms with Gasteiger partial charge in [0.25, 0.3) is 0 Å². The van der Waals surface area contributed by atoms with Crippen molar-refractivity contribution in [2.75, 3.05) is 19.5 Å². The van der Waals surface area contributed by atoms with Gasteiger partial charge in [0.2, 0.25) is 0 Å². The van der Waals surface area contributed by atoms with E-state index in [-0.39, 0.29) is 6.04 Å². The lowest BCUT2D eigenvalue weighted by atomic mass is 10.1. The molecule has 1 atom stereocenters. The third kappa shape index (κ3) is 2.30. The number of methoxy groups -OCH3 is 1. The molecule has 2 N–H and O–H groups in total. The average Bonchev–Trinajstić information content (AvgIpc) is 2.78. The molecule has 6 nitrogen and oxygen atoms in total. The highest BCUT2D eigenvalue weighted by atomic mass is 19.1. The summed E-state index contributed by atoms with van der Waals surface area (Å²) in [5.74, 6) is -0.0901. The van der Waals surface area contributed by atoms with Crippen LogP contribution in [-0.2, 0) is 4.74 Å². The van der Waals surface area contributed by atoms with E-state index in [0.29, 0.717) is 23.7 Å². The molecular formula is C11H14FN5O. The van der Waals surface area contributed by atoms with Crippen LogP contribution in [0.4, 0.5) is 10.1 Å². The maximum Gasteiger partial charge on any atom is 0.185 e. The summed E-state index contributed by atoms with van der Waals surface area (Å²) in [7, 11) is 1.59. The van der Waals surface area contributed by atoms with Gasteiger partial charge in [0.1, 0.15) is 5.82 Å². The molecule has 1 unspecified atom stereocenters. The van der Waals surface area contributed by atoms with Crippen molar-refractivity contribution in [3.05, 3.63) is 24.0 Å². The summed E-state index contributed by atoms with van der Waals surface area (Å²) in [5.41, 5.74) is 6.19. The van der Waals surface area contributed by atoms with E-state index in [0.717, 1.165) is 0 Å². The number of nitrogen functional groups attached to an aromatic ring is 1. The standard InChI is InChI=1S/C11H14FN5O/c1-7(6-18-2)17-11(14-15-16-17)9-4-3-8(13)5-10(9)12/h3-5,7H,6,13H2,1-2H3. The zero-order valence-electron chi connectivity index (χ0n) is 10.2. The van der Waals surface area contributed by atoms with Crippen molar-refractivity contribution in [2.24, 2.45) is 0 Å². The Morgan fingerprint density at radius 1 is 1.50 bits per heavy atom. The van der Waals surface area contributed by atoms with Crippen LogP contribution in [0.3, 0.4) is 0 Å². The number of nitrogens with two attached hydrogens (primary N) is 1. The van der Waals surface area contributed by atoms with Crippen LogP contribution in [0, 0.1) is 5.82 Å². The minimum absolute atomic E-state index is 0.0862. The Kier molecular flexibility index (Phi) is 3.52. The fourth-order valence-electron chi connectivity index (χ4n) is 1.69. The second-order valence-corrected chi connectivity index (χ2v) is 3.99. The second-order valence-electron chi connectivity index (χ2n) is 3.99. The van der Waals surface area contributed by atoms with Crippen molar-refractivity contribution in [3.63, 3.8) is 0 Å². The summed E-state index contributed by atoms with van der Waals surface area (Å²) in [6, 6.07) is 4.33. The van der Waals surface area contributed by atoms with Crippen LogP contribution in [0.1, 0.15) is 13.0 Å². The monoisotopic (exact) mass is 251 g/mol. The number of aromatic nitrogens is 4. The van der Waals surface area contributed by atoms with E-state index in [2.05, 4.69) is 15.5 Å². The predicted octanol–water partition coefficient (Wildman–Crippen LogP) is 1.27. The van der Waals surface area contributed by atoms with Gasteiger partial charge in [-0.1, -0.05) is 0 Å². The van der Waals surface area contributed by atoms with Crippen LogP contribution in [-0.4, -0.2) is 33.9 Å². The summed E-state index contributed by atoms with van der Waals surface area (Å²) in [5, 5.41) is 11.3. The van der Waals surface area contributed by atoms with Gasteiger partial charge in [0.15, 0.2) is 5.82 Å². The number of benzene rings is 1. The van der Waals surface area contributed by atoms with E-state index in [9.17, 15) is 4.39 Å². The lowest BCUT2D eigenvalue weighted by molar-refractivity contribution is 0.156. The molecule has 0 aliphatic rings. The number of hydrogen-bond donors (Lipinski definition) is 1. The smallest absolute Gasteiger partial charge is 0.185 e. The molecule has 2 aromatic rings. The molecule has 0 aliphatic heterocycles. The highest BCUT2D eigenvalue weighted by Gasteiger charge is 2.17. The van der Waals surface area contributed by atoms with Crippen LogP contribution in [0.25, 0.3) is 11.4 Å². The number of hydrogen-bond acceptors (Lipinski definition) is 5. The first-order chi connectivity index (χ1) is 8.63.